The second-order valence-electron chi connectivity index (χ2n) is 6.21. The van der Waals surface area contributed by atoms with Crippen molar-refractivity contribution in [3.8, 4) is 0 Å². The number of urea groups is 1. The lowest BCUT2D eigenvalue weighted by molar-refractivity contribution is -0.142. The van der Waals surface area contributed by atoms with E-state index in [1.165, 1.54) is 0 Å². The van der Waals surface area contributed by atoms with Crippen LogP contribution in [0.15, 0.2) is 35.5 Å². The van der Waals surface area contributed by atoms with Crippen LogP contribution in [-0.4, -0.2) is 31.3 Å². The van der Waals surface area contributed by atoms with Crippen LogP contribution in [-0.2, 0) is 14.3 Å². The summed E-state index contributed by atoms with van der Waals surface area (Å²) in [7, 11) is 0. The van der Waals surface area contributed by atoms with Gasteiger partial charge in [0.25, 0.3) is 0 Å². The molecule has 0 saturated carbocycles. The lowest BCUT2D eigenvalue weighted by Gasteiger charge is -2.28. The van der Waals surface area contributed by atoms with E-state index in [4.69, 9.17) is 9.47 Å². The number of aryl methyl sites for hydroxylation is 1. The van der Waals surface area contributed by atoms with Crippen molar-refractivity contribution in [2.24, 2.45) is 0 Å². The third-order valence-electron chi connectivity index (χ3n) is 4.32. The number of allylic oxidation sites excluding steroid dienone is 1. The van der Waals surface area contributed by atoms with Crippen LogP contribution < -0.4 is 10.6 Å². The summed E-state index contributed by atoms with van der Waals surface area (Å²) >= 11 is 0. The molecule has 24 heavy (non-hydrogen) atoms. The number of ether oxygens (including phenoxy) is 2. The largest absolute Gasteiger partial charge is 0.459 e. The Kier molecular flexibility index (Phi) is 4.85. The first-order chi connectivity index (χ1) is 11.5. The number of hydrogen-bond acceptors (Lipinski definition) is 4. The van der Waals surface area contributed by atoms with E-state index in [1.807, 2.05) is 31.2 Å². The summed E-state index contributed by atoms with van der Waals surface area (Å²) in [6.45, 7) is 4.66. The zero-order chi connectivity index (χ0) is 17.1. The molecule has 0 bridgehead atoms. The Morgan fingerprint density at radius 1 is 1.29 bits per heavy atom. The highest BCUT2D eigenvalue weighted by molar-refractivity contribution is 5.95. The molecule has 128 valence electrons. The van der Waals surface area contributed by atoms with Gasteiger partial charge in [-0.1, -0.05) is 29.8 Å². The van der Waals surface area contributed by atoms with E-state index in [1.54, 1.807) is 6.92 Å². The summed E-state index contributed by atoms with van der Waals surface area (Å²) in [6, 6.07) is 6.88. The van der Waals surface area contributed by atoms with E-state index < -0.39 is 12.0 Å². The number of nitrogens with one attached hydrogen (secondary N) is 2. The van der Waals surface area contributed by atoms with Crippen LogP contribution in [0, 0.1) is 6.92 Å². The first kappa shape index (κ1) is 16.5. The van der Waals surface area contributed by atoms with Gasteiger partial charge in [0, 0.05) is 12.3 Å². The molecular weight excluding hydrogens is 308 g/mol. The van der Waals surface area contributed by atoms with Crippen LogP contribution in [0.1, 0.15) is 36.9 Å². The van der Waals surface area contributed by atoms with Gasteiger partial charge in [0.05, 0.1) is 17.7 Å². The summed E-state index contributed by atoms with van der Waals surface area (Å²) in [4.78, 5) is 24.4. The Morgan fingerprint density at radius 2 is 2.04 bits per heavy atom. The highest BCUT2D eigenvalue weighted by Gasteiger charge is 2.32. The maximum atomic E-state index is 12.6. The molecule has 2 amide bonds. The smallest absolute Gasteiger partial charge is 0.338 e. The summed E-state index contributed by atoms with van der Waals surface area (Å²) in [5, 5.41) is 5.45. The van der Waals surface area contributed by atoms with E-state index >= 15 is 0 Å². The summed E-state index contributed by atoms with van der Waals surface area (Å²) in [5.74, 6) is -0.430. The molecule has 6 heteroatoms. The van der Waals surface area contributed by atoms with Crippen molar-refractivity contribution >= 4 is 12.0 Å². The molecule has 2 N–H and O–H groups in total. The highest BCUT2D eigenvalue weighted by atomic mass is 16.6. The van der Waals surface area contributed by atoms with Gasteiger partial charge in [0.1, 0.15) is 6.61 Å². The quantitative estimate of drug-likeness (QED) is 0.831. The fourth-order valence-electron chi connectivity index (χ4n) is 3.00. The Bertz CT molecular complexity index is 660. The van der Waals surface area contributed by atoms with Gasteiger partial charge >= 0.3 is 12.0 Å². The minimum absolute atomic E-state index is 0.0289. The number of hydrogen-bond donors (Lipinski definition) is 2. The van der Waals surface area contributed by atoms with Gasteiger partial charge in [-0.25, -0.2) is 9.59 Å². The Balaban J connectivity index is 1.80. The third-order valence-corrected chi connectivity index (χ3v) is 4.32. The Labute approximate surface area is 141 Å². The summed E-state index contributed by atoms with van der Waals surface area (Å²) in [6.07, 6.45) is 1.87. The molecule has 0 unspecified atom stereocenters. The minimum atomic E-state index is -0.517. The molecule has 1 fully saturated rings. The zero-order valence-corrected chi connectivity index (χ0v) is 13.9. The number of amides is 2. The van der Waals surface area contributed by atoms with Crippen molar-refractivity contribution in [1.82, 2.24) is 10.6 Å². The first-order valence-corrected chi connectivity index (χ1v) is 8.18. The average Bonchev–Trinajstić information content (AvgIpc) is 3.06. The van der Waals surface area contributed by atoms with Crippen LogP contribution in [0.2, 0.25) is 0 Å². The molecule has 0 radical (unpaired) electrons. The van der Waals surface area contributed by atoms with Crippen LogP contribution in [0.4, 0.5) is 4.79 Å². The molecule has 0 aliphatic carbocycles. The van der Waals surface area contributed by atoms with Crippen LogP contribution in [0.25, 0.3) is 0 Å². The molecular formula is C18H22N2O4. The maximum Gasteiger partial charge on any atom is 0.338 e. The van der Waals surface area contributed by atoms with Crippen molar-refractivity contribution in [2.75, 3.05) is 13.2 Å². The summed E-state index contributed by atoms with van der Waals surface area (Å²) < 4.78 is 10.9. The normalized spacial score (nSPS) is 23.7. The van der Waals surface area contributed by atoms with Gasteiger partial charge in [-0.2, -0.15) is 0 Å². The number of esters is 1. The monoisotopic (exact) mass is 330 g/mol. The number of rotatable bonds is 4. The summed E-state index contributed by atoms with van der Waals surface area (Å²) in [5.41, 5.74) is 2.90. The van der Waals surface area contributed by atoms with Gasteiger partial charge in [0.2, 0.25) is 0 Å². The molecule has 1 saturated heterocycles. The van der Waals surface area contributed by atoms with E-state index in [0.29, 0.717) is 17.9 Å². The second kappa shape index (κ2) is 7.05. The van der Waals surface area contributed by atoms with Crippen molar-refractivity contribution in [3.05, 3.63) is 46.7 Å². The molecule has 2 aliphatic rings. The van der Waals surface area contributed by atoms with E-state index in [9.17, 15) is 9.59 Å². The zero-order valence-electron chi connectivity index (χ0n) is 13.9. The Morgan fingerprint density at radius 3 is 2.71 bits per heavy atom. The minimum Gasteiger partial charge on any atom is -0.459 e. The van der Waals surface area contributed by atoms with Gasteiger partial charge in [-0.15, -0.1) is 0 Å². The molecule has 0 aromatic heterocycles. The Hall–Kier alpha value is -2.34. The van der Waals surface area contributed by atoms with Crippen molar-refractivity contribution in [2.45, 2.75) is 38.8 Å². The van der Waals surface area contributed by atoms with E-state index in [-0.39, 0.29) is 18.7 Å². The van der Waals surface area contributed by atoms with Crippen molar-refractivity contribution in [1.29, 1.82) is 0 Å². The first-order valence-electron chi connectivity index (χ1n) is 8.18. The molecule has 2 heterocycles. The van der Waals surface area contributed by atoms with Gasteiger partial charge in [-0.05, 0) is 32.3 Å². The van der Waals surface area contributed by atoms with Crippen LogP contribution >= 0.6 is 0 Å². The fraction of sp³-hybridized carbons (Fsp3) is 0.444. The second-order valence-corrected chi connectivity index (χ2v) is 6.21. The molecule has 1 aromatic carbocycles. The lowest BCUT2D eigenvalue weighted by atomic mass is 9.95. The molecule has 1 aromatic rings. The fourth-order valence-corrected chi connectivity index (χ4v) is 3.00. The molecule has 3 rings (SSSR count). The molecule has 0 spiro atoms. The predicted molar refractivity (Wildman–Crippen MR) is 88.2 cm³/mol. The SMILES string of the molecule is CC1=C(C(=O)OC[C@H]2CCCO2)[C@H](c2ccc(C)cc2)NC(=O)N1. The van der Waals surface area contributed by atoms with Gasteiger partial charge in [0.15, 0.2) is 0 Å². The van der Waals surface area contributed by atoms with Crippen LogP contribution in [0.5, 0.6) is 0 Å². The van der Waals surface area contributed by atoms with Crippen molar-refractivity contribution in [3.63, 3.8) is 0 Å². The standard InChI is InChI=1S/C18H22N2O4/c1-11-5-7-13(8-6-11)16-15(12(2)19-18(22)20-16)17(21)24-10-14-4-3-9-23-14/h5-8,14,16H,3-4,9-10H2,1-2H3,(H2,19,20,22)/t14-,16+/m1/s1. The van der Waals surface area contributed by atoms with Crippen molar-refractivity contribution < 1.29 is 19.1 Å². The molecule has 6 nitrogen and oxygen atoms in total. The molecule has 2 aliphatic heterocycles. The third kappa shape index (κ3) is 3.59. The highest BCUT2D eigenvalue weighted by Crippen LogP contribution is 2.28. The van der Waals surface area contributed by atoms with E-state index in [0.717, 1.165) is 24.0 Å². The average molecular weight is 330 g/mol. The van der Waals surface area contributed by atoms with Crippen LogP contribution in [0.3, 0.4) is 0 Å². The van der Waals surface area contributed by atoms with Gasteiger partial charge in [-0.3, -0.25) is 0 Å². The predicted octanol–water partition coefficient (Wildman–Crippen LogP) is 2.35. The van der Waals surface area contributed by atoms with E-state index in [2.05, 4.69) is 10.6 Å². The van der Waals surface area contributed by atoms with Gasteiger partial charge < -0.3 is 20.1 Å². The molecule has 2 atom stereocenters. The lowest BCUT2D eigenvalue weighted by Crippen LogP contribution is -2.45. The number of carbonyl (C=O) groups excluding carboxylic acids is 2. The topological polar surface area (TPSA) is 76.7 Å². The number of benzene rings is 1. The maximum absolute atomic E-state index is 12.6. The number of carbonyl (C=O) groups is 2.